The molecular formula is C12H11F4N3O. The summed E-state index contributed by atoms with van der Waals surface area (Å²) in [5.74, 6) is -0.831. The molecule has 1 aromatic carbocycles. The average molecular weight is 289 g/mol. The molecule has 0 saturated heterocycles. The third-order valence-corrected chi connectivity index (χ3v) is 2.61. The maximum absolute atomic E-state index is 13.4. The summed E-state index contributed by atoms with van der Waals surface area (Å²) < 4.78 is 55.2. The zero-order valence-electron chi connectivity index (χ0n) is 10.5. The minimum Gasteiger partial charge on any atom is -0.343 e. The lowest BCUT2D eigenvalue weighted by Gasteiger charge is -2.15. The average Bonchev–Trinajstić information content (AvgIpc) is 2.79. The lowest BCUT2D eigenvalue weighted by molar-refractivity contribution is -0.140. The molecule has 0 radical (unpaired) electrons. The predicted molar refractivity (Wildman–Crippen MR) is 60.9 cm³/mol. The van der Waals surface area contributed by atoms with Crippen LogP contribution in [-0.4, -0.2) is 22.1 Å². The van der Waals surface area contributed by atoms with Crippen molar-refractivity contribution in [3.05, 3.63) is 47.4 Å². The van der Waals surface area contributed by atoms with Gasteiger partial charge in [-0.2, -0.15) is 18.2 Å². The van der Waals surface area contributed by atoms with Crippen LogP contribution in [0.4, 0.5) is 17.6 Å². The van der Waals surface area contributed by atoms with E-state index in [0.717, 1.165) is 12.1 Å². The van der Waals surface area contributed by atoms with Crippen molar-refractivity contribution < 1.29 is 22.1 Å². The Morgan fingerprint density at radius 3 is 2.55 bits per heavy atom. The third-order valence-electron chi connectivity index (χ3n) is 2.61. The van der Waals surface area contributed by atoms with Crippen molar-refractivity contribution in [1.29, 1.82) is 0 Å². The summed E-state index contributed by atoms with van der Waals surface area (Å²) in [6, 6.07) is 2.88. The van der Waals surface area contributed by atoms with Crippen LogP contribution in [0.1, 0.15) is 17.0 Å². The first-order valence-electron chi connectivity index (χ1n) is 5.65. The summed E-state index contributed by atoms with van der Waals surface area (Å²) in [4.78, 5) is 5.55. The second-order valence-corrected chi connectivity index (χ2v) is 4.33. The zero-order valence-corrected chi connectivity index (χ0v) is 10.5. The molecule has 0 spiro atoms. The van der Waals surface area contributed by atoms with Gasteiger partial charge in [-0.3, -0.25) is 4.90 Å². The number of rotatable bonds is 4. The Balaban J connectivity index is 2.05. The number of nitrogens with zero attached hydrogens (tertiary/aromatic N) is 3. The Hall–Kier alpha value is -1.96. The number of hydrogen-bond donors (Lipinski definition) is 0. The molecule has 0 aliphatic heterocycles. The molecule has 0 fully saturated rings. The Morgan fingerprint density at radius 2 is 2.00 bits per heavy atom. The lowest BCUT2D eigenvalue weighted by atomic mass is 10.1. The Morgan fingerprint density at radius 1 is 1.25 bits per heavy atom. The quantitative estimate of drug-likeness (QED) is 0.812. The first-order chi connectivity index (χ1) is 9.36. The van der Waals surface area contributed by atoms with Crippen LogP contribution in [0.3, 0.4) is 0 Å². The monoisotopic (exact) mass is 289 g/mol. The molecule has 0 bridgehead atoms. The van der Waals surface area contributed by atoms with Gasteiger partial charge in [-0.05, 0) is 24.7 Å². The molecule has 0 aliphatic carbocycles. The van der Waals surface area contributed by atoms with Gasteiger partial charge < -0.3 is 4.52 Å². The third kappa shape index (κ3) is 3.53. The molecule has 108 valence electrons. The molecule has 0 unspecified atom stereocenters. The van der Waals surface area contributed by atoms with Gasteiger partial charge in [0.15, 0.2) is 5.82 Å². The Kier molecular flexibility index (Phi) is 4.03. The molecule has 8 heteroatoms. The molecule has 1 heterocycles. The van der Waals surface area contributed by atoms with E-state index in [-0.39, 0.29) is 6.54 Å². The molecular weight excluding hydrogens is 278 g/mol. The van der Waals surface area contributed by atoms with Crippen molar-refractivity contribution in [3.63, 3.8) is 0 Å². The molecule has 4 nitrogen and oxygen atoms in total. The highest BCUT2D eigenvalue weighted by molar-refractivity contribution is 5.26. The summed E-state index contributed by atoms with van der Waals surface area (Å²) in [5, 5.41) is 3.61. The van der Waals surface area contributed by atoms with Crippen LogP contribution in [0.5, 0.6) is 0 Å². The van der Waals surface area contributed by atoms with E-state index in [1.165, 1.54) is 12.5 Å². The zero-order chi connectivity index (χ0) is 14.8. The summed E-state index contributed by atoms with van der Waals surface area (Å²) in [5.41, 5.74) is -0.830. The molecule has 20 heavy (non-hydrogen) atoms. The van der Waals surface area contributed by atoms with Crippen molar-refractivity contribution in [3.8, 4) is 0 Å². The van der Waals surface area contributed by atoms with E-state index >= 15 is 0 Å². The minimum absolute atomic E-state index is 0.267. The fourth-order valence-corrected chi connectivity index (χ4v) is 1.76. The van der Waals surface area contributed by atoms with Gasteiger partial charge in [0.2, 0.25) is 6.39 Å². The number of aromatic nitrogens is 2. The summed E-state index contributed by atoms with van der Waals surface area (Å²) >= 11 is 0. The van der Waals surface area contributed by atoms with Gasteiger partial charge in [0.05, 0.1) is 12.1 Å². The Labute approximate surface area is 112 Å². The van der Waals surface area contributed by atoms with E-state index in [2.05, 4.69) is 14.7 Å². The maximum Gasteiger partial charge on any atom is 0.419 e. The highest BCUT2D eigenvalue weighted by Gasteiger charge is 2.33. The highest BCUT2D eigenvalue weighted by atomic mass is 19.4. The van der Waals surface area contributed by atoms with Gasteiger partial charge >= 0.3 is 6.18 Å². The van der Waals surface area contributed by atoms with Gasteiger partial charge in [-0.15, -0.1) is 0 Å². The van der Waals surface area contributed by atoms with E-state index in [1.54, 1.807) is 11.9 Å². The second-order valence-electron chi connectivity index (χ2n) is 4.33. The van der Waals surface area contributed by atoms with Crippen LogP contribution in [0.2, 0.25) is 0 Å². The first-order valence-corrected chi connectivity index (χ1v) is 5.65. The normalized spacial score (nSPS) is 12.1. The maximum atomic E-state index is 13.4. The number of hydrogen-bond acceptors (Lipinski definition) is 4. The fourth-order valence-electron chi connectivity index (χ4n) is 1.76. The molecule has 2 aromatic rings. The topological polar surface area (TPSA) is 42.2 Å². The highest BCUT2D eigenvalue weighted by Crippen LogP contribution is 2.31. The van der Waals surface area contributed by atoms with Gasteiger partial charge in [0, 0.05) is 6.54 Å². The molecule has 0 N–H and O–H groups in total. The molecule has 0 amide bonds. The molecule has 0 saturated carbocycles. The van der Waals surface area contributed by atoms with E-state index < -0.39 is 17.6 Å². The fraction of sp³-hybridized carbons (Fsp3) is 0.333. The first kappa shape index (κ1) is 14.4. The molecule has 2 rings (SSSR count). The van der Waals surface area contributed by atoms with Crippen LogP contribution in [0.15, 0.2) is 29.1 Å². The van der Waals surface area contributed by atoms with Gasteiger partial charge in [-0.1, -0.05) is 11.2 Å². The lowest BCUT2D eigenvalue weighted by Crippen LogP contribution is -2.18. The van der Waals surface area contributed by atoms with E-state index in [1.807, 2.05) is 0 Å². The summed E-state index contributed by atoms with van der Waals surface area (Å²) in [6.45, 7) is 0.614. The van der Waals surface area contributed by atoms with E-state index in [0.29, 0.717) is 17.9 Å². The number of benzene rings is 1. The largest absolute Gasteiger partial charge is 0.419 e. The van der Waals surface area contributed by atoms with Crippen LogP contribution in [0.25, 0.3) is 0 Å². The number of alkyl halides is 3. The SMILES string of the molecule is CN(Cc1ccc(C(F)(F)F)c(F)c1)Cc1ncon1. The minimum atomic E-state index is -4.68. The van der Waals surface area contributed by atoms with Crippen molar-refractivity contribution in [2.45, 2.75) is 19.3 Å². The van der Waals surface area contributed by atoms with Gasteiger partial charge in [0.25, 0.3) is 0 Å². The van der Waals surface area contributed by atoms with E-state index in [9.17, 15) is 17.6 Å². The van der Waals surface area contributed by atoms with Crippen LogP contribution < -0.4 is 0 Å². The second kappa shape index (κ2) is 5.58. The Bertz CT molecular complexity index is 569. The van der Waals surface area contributed by atoms with Crippen molar-refractivity contribution >= 4 is 0 Å². The van der Waals surface area contributed by atoms with Crippen molar-refractivity contribution in [1.82, 2.24) is 15.0 Å². The van der Waals surface area contributed by atoms with Crippen LogP contribution >= 0.6 is 0 Å². The summed E-state index contributed by atoms with van der Waals surface area (Å²) in [6.07, 6.45) is -3.50. The van der Waals surface area contributed by atoms with Gasteiger partial charge in [-0.25, -0.2) is 4.39 Å². The molecule has 0 atom stereocenters. The summed E-state index contributed by atoms with van der Waals surface area (Å²) in [7, 11) is 1.71. The molecule has 1 aromatic heterocycles. The standard InChI is InChI=1S/C12H11F4N3O/c1-19(6-11-17-7-20-18-11)5-8-2-3-9(10(13)4-8)12(14,15)16/h2-4,7H,5-6H2,1H3. The van der Waals surface area contributed by atoms with Crippen molar-refractivity contribution in [2.75, 3.05) is 7.05 Å². The van der Waals surface area contributed by atoms with Crippen molar-refractivity contribution in [2.24, 2.45) is 0 Å². The molecule has 0 aliphatic rings. The van der Waals surface area contributed by atoms with Crippen LogP contribution in [0, 0.1) is 5.82 Å². The van der Waals surface area contributed by atoms with Crippen LogP contribution in [-0.2, 0) is 19.3 Å². The smallest absolute Gasteiger partial charge is 0.343 e. The van der Waals surface area contributed by atoms with Gasteiger partial charge in [0.1, 0.15) is 5.82 Å². The predicted octanol–water partition coefficient (Wildman–Crippen LogP) is 2.86. The van der Waals surface area contributed by atoms with E-state index in [4.69, 9.17) is 0 Å². The number of halogens is 4.